The van der Waals surface area contributed by atoms with Crippen LogP contribution in [0.15, 0.2) is 29.6 Å². The van der Waals surface area contributed by atoms with Crippen LogP contribution < -0.4 is 10.6 Å². The number of hydrogen-bond donors (Lipinski definition) is 2. The number of aromatic nitrogens is 1. The van der Waals surface area contributed by atoms with Gasteiger partial charge >= 0.3 is 0 Å². The standard InChI is InChI=1S/C16H19N3O2S/c1-11-18-15(10-22-11)12-2-4-13(5-3-12)19-16(20)8-14-9-17-6-7-21-14/h2-5,10,14,17H,6-9H2,1H3,(H,19,20). The van der Waals surface area contributed by atoms with Crippen LogP contribution in [-0.4, -0.2) is 36.7 Å². The van der Waals surface area contributed by atoms with Crippen LogP contribution in [0.2, 0.25) is 0 Å². The van der Waals surface area contributed by atoms with Gasteiger partial charge in [0.25, 0.3) is 0 Å². The molecule has 1 aromatic heterocycles. The maximum atomic E-state index is 12.0. The summed E-state index contributed by atoms with van der Waals surface area (Å²) in [6, 6.07) is 7.76. The van der Waals surface area contributed by atoms with Crippen LogP contribution in [0, 0.1) is 6.92 Å². The Morgan fingerprint density at radius 1 is 1.45 bits per heavy atom. The lowest BCUT2D eigenvalue weighted by atomic mass is 10.1. The Balaban J connectivity index is 1.57. The average molecular weight is 317 g/mol. The summed E-state index contributed by atoms with van der Waals surface area (Å²) in [7, 11) is 0. The second-order valence-corrected chi connectivity index (χ2v) is 6.34. The molecule has 5 nitrogen and oxygen atoms in total. The molecule has 0 bridgehead atoms. The van der Waals surface area contributed by atoms with Crippen molar-refractivity contribution in [3.05, 3.63) is 34.7 Å². The fourth-order valence-corrected chi connectivity index (χ4v) is 3.01. The number of amides is 1. The largest absolute Gasteiger partial charge is 0.375 e. The molecule has 6 heteroatoms. The first kappa shape index (κ1) is 15.1. The van der Waals surface area contributed by atoms with Gasteiger partial charge in [0.05, 0.1) is 29.8 Å². The summed E-state index contributed by atoms with van der Waals surface area (Å²) in [5.41, 5.74) is 2.83. The third kappa shape index (κ3) is 3.91. The quantitative estimate of drug-likeness (QED) is 0.909. The topological polar surface area (TPSA) is 63.2 Å². The predicted octanol–water partition coefficient (Wildman–Crippen LogP) is 2.44. The van der Waals surface area contributed by atoms with Gasteiger partial charge in [-0.25, -0.2) is 4.98 Å². The molecular formula is C16H19N3O2S. The van der Waals surface area contributed by atoms with Gasteiger partial charge in [-0.1, -0.05) is 12.1 Å². The van der Waals surface area contributed by atoms with E-state index in [0.717, 1.165) is 35.0 Å². The van der Waals surface area contributed by atoms with Gasteiger partial charge in [0.15, 0.2) is 0 Å². The molecular weight excluding hydrogens is 298 g/mol. The molecule has 2 heterocycles. The van der Waals surface area contributed by atoms with Gasteiger partial charge in [-0.15, -0.1) is 11.3 Å². The molecule has 3 rings (SSSR count). The first-order valence-electron chi connectivity index (χ1n) is 7.35. The molecule has 0 aliphatic carbocycles. The summed E-state index contributed by atoms with van der Waals surface area (Å²) >= 11 is 1.63. The fraction of sp³-hybridized carbons (Fsp3) is 0.375. The molecule has 0 spiro atoms. The molecule has 1 unspecified atom stereocenters. The first-order valence-corrected chi connectivity index (χ1v) is 8.23. The number of morpholine rings is 1. The number of aryl methyl sites for hydroxylation is 1. The van der Waals surface area contributed by atoms with Gasteiger partial charge in [0, 0.05) is 29.7 Å². The summed E-state index contributed by atoms with van der Waals surface area (Å²) in [4.78, 5) is 16.5. The van der Waals surface area contributed by atoms with Crippen molar-refractivity contribution in [3.63, 3.8) is 0 Å². The van der Waals surface area contributed by atoms with Gasteiger partial charge < -0.3 is 15.4 Å². The molecule has 1 aliphatic heterocycles. The molecule has 2 N–H and O–H groups in total. The molecule has 1 saturated heterocycles. The van der Waals surface area contributed by atoms with Crippen molar-refractivity contribution in [2.45, 2.75) is 19.4 Å². The van der Waals surface area contributed by atoms with E-state index in [2.05, 4.69) is 15.6 Å². The monoisotopic (exact) mass is 317 g/mol. The number of nitrogens with zero attached hydrogens (tertiary/aromatic N) is 1. The Labute approximate surface area is 133 Å². The third-order valence-electron chi connectivity index (χ3n) is 3.50. The number of carbonyl (C=O) groups is 1. The molecule has 2 aromatic rings. The lowest BCUT2D eigenvalue weighted by Gasteiger charge is -2.23. The summed E-state index contributed by atoms with van der Waals surface area (Å²) in [6.07, 6.45) is 0.339. The van der Waals surface area contributed by atoms with Gasteiger partial charge in [-0.05, 0) is 19.1 Å². The third-order valence-corrected chi connectivity index (χ3v) is 4.27. The molecule has 1 atom stereocenters. The van der Waals surface area contributed by atoms with Crippen molar-refractivity contribution in [2.75, 3.05) is 25.0 Å². The van der Waals surface area contributed by atoms with E-state index in [4.69, 9.17) is 4.74 Å². The van der Waals surface area contributed by atoms with E-state index in [1.165, 1.54) is 0 Å². The van der Waals surface area contributed by atoms with Gasteiger partial charge in [0.2, 0.25) is 5.91 Å². The van der Waals surface area contributed by atoms with Crippen molar-refractivity contribution in [1.82, 2.24) is 10.3 Å². The smallest absolute Gasteiger partial charge is 0.227 e. The number of rotatable bonds is 4. The zero-order valence-electron chi connectivity index (χ0n) is 12.5. The fourth-order valence-electron chi connectivity index (χ4n) is 2.39. The molecule has 116 valence electrons. The highest BCUT2D eigenvalue weighted by atomic mass is 32.1. The highest BCUT2D eigenvalue weighted by molar-refractivity contribution is 7.09. The second-order valence-electron chi connectivity index (χ2n) is 5.28. The van der Waals surface area contributed by atoms with Crippen LogP contribution in [0.25, 0.3) is 11.3 Å². The van der Waals surface area contributed by atoms with Gasteiger partial charge in [-0.2, -0.15) is 0 Å². The summed E-state index contributed by atoms with van der Waals surface area (Å²) < 4.78 is 5.54. The minimum absolute atomic E-state index is 0.0223. The van der Waals surface area contributed by atoms with Gasteiger partial charge in [-0.3, -0.25) is 4.79 Å². The Morgan fingerprint density at radius 2 is 2.27 bits per heavy atom. The minimum atomic E-state index is -0.0361. The van der Waals surface area contributed by atoms with Crippen molar-refractivity contribution in [3.8, 4) is 11.3 Å². The summed E-state index contributed by atoms with van der Waals surface area (Å²) in [6.45, 7) is 4.25. The first-order chi connectivity index (χ1) is 10.7. The minimum Gasteiger partial charge on any atom is -0.375 e. The molecule has 1 fully saturated rings. The van der Waals surface area contributed by atoms with Crippen molar-refractivity contribution >= 4 is 22.9 Å². The predicted molar refractivity (Wildman–Crippen MR) is 88.1 cm³/mol. The highest BCUT2D eigenvalue weighted by Gasteiger charge is 2.17. The van der Waals surface area contributed by atoms with Crippen LogP contribution in [0.5, 0.6) is 0 Å². The number of hydrogen-bond acceptors (Lipinski definition) is 5. The van der Waals surface area contributed by atoms with Crippen molar-refractivity contribution in [2.24, 2.45) is 0 Å². The molecule has 0 radical (unpaired) electrons. The maximum Gasteiger partial charge on any atom is 0.227 e. The van der Waals surface area contributed by atoms with Crippen LogP contribution in [0.4, 0.5) is 5.69 Å². The van der Waals surface area contributed by atoms with Crippen LogP contribution >= 0.6 is 11.3 Å². The number of nitrogens with one attached hydrogen (secondary N) is 2. The number of benzene rings is 1. The Bertz CT molecular complexity index is 633. The highest BCUT2D eigenvalue weighted by Crippen LogP contribution is 2.23. The van der Waals surface area contributed by atoms with E-state index in [1.54, 1.807) is 11.3 Å². The second kappa shape index (κ2) is 7.00. The van der Waals surface area contributed by atoms with E-state index < -0.39 is 0 Å². The Hall–Kier alpha value is -1.76. The maximum absolute atomic E-state index is 12.0. The lowest BCUT2D eigenvalue weighted by molar-refractivity contribution is -0.119. The zero-order valence-corrected chi connectivity index (χ0v) is 13.3. The number of anilines is 1. The van der Waals surface area contributed by atoms with E-state index in [1.807, 2.05) is 36.6 Å². The molecule has 1 amide bonds. The Morgan fingerprint density at radius 3 is 2.91 bits per heavy atom. The lowest BCUT2D eigenvalue weighted by Crippen LogP contribution is -2.40. The van der Waals surface area contributed by atoms with E-state index >= 15 is 0 Å². The normalized spacial score (nSPS) is 18.1. The number of ether oxygens (including phenoxy) is 1. The average Bonchev–Trinajstić information content (AvgIpc) is 2.95. The zero-order chi connectivity index (χ0) is 15.4. The molecule has 1 aliphatic rings. The molecule has 0 saturated carbocycles. The summed E-state index contributed by atoms with van der Waals surface area (Å²) in [5.74, 6) is -0.0223. The van der Waals surface area contributed by atoms with Crippen LogP contribution in [0.1, 0.15) is 11.4 Å². The SMILES string of the molecule is Cc1nc(-c2ccc(NC(=O)CC3CNCCO3)cc2)cs1. The van der Waals surface area contributed by atoms with Crippen LogP contribution in [0.3, 0.4) is 0 Å². The number of thiazole rings is 1. The van der Waals surface area contributed by atoms with Crippen LogP contribution in [-0.2, 0) is 9.53 Å². The van der Waals surface area contributed by atoms with E-state index in [-0.39, 0.29) is 12.0 Å². The van der Waals surface area contributed by atoms with Crippen molar-refractivity contribution in [1.29, 1.82) is 0 Å². The molecule has 1 aromatic carbocycles. The molecule has 22 heavy (non-hydrogen) atoms. The summed E-state index contributed by atoms with van der Waals surface area (Å²) in [5, 5.41) is 9.22. The number of carbonyl (C=O) groups excluding carboxylic acids is 1. The van der Waals surface area contributed by atoms with Gasteiger partial charge in [0.1, 0.15) is 0 Å². The van der Waals surface area contributed by atoms with Crippen molar-refractivity contribution < 1.29 is 9.53 Å². The Kier molecular flexibility index (Phi) is 4.82. The van der Waals surface area contributed by atoms with E-state index in [9.17, 15) is 4.79 Å². The van der Waals surface area contributed by atoms with E-state index in [0.29, 0.717) is 13.0 Å².